The van der Waals surface area contributed by atoms with Crippen molar-refractivity contribution in [2.24, 2.45) is 0 Å². The van der Waals surface area contributed by atoms with Gasteiger partial charge in [0.1, 0.15) is 28.5 Å². The van der Waals surface area contributed by atoms with Crippen molar-refractivity contribution in [1.29, 1.82) is 0 Å². The fraction of sp³-hybridized carbons (Fsp3) is 0.160. The van der Waals surface area contributed by atoms with E-state index in [-0.39, 0.29) is 5.75 Å². The SMILES string of the molecule is CCc1ccc(C2=C(c3ccc(C[SH](=O)=O)cc3)Oc3ccccc3C2C=O)cc1. The Bertz CT molecular complexity index is 1160. The molecule has 30 heavy (non-hydrogen) atoms. The average molecular weight is 419 g/mol. The molecule has 0 N–H and O–H groups in total. The van der Waals surface area contributed by atoms with Crippen molar-refractivity contribution < 1.29 is 17.9 Å². The van der Waals surface area contributed by atoms with Gasteiger partial charge in [0.05, 0.1) is 11.7 Å². The lowest BCUT2D eigenvalue weighted by Crippen LogP contribution is -2.15. The number of benzene rings is 3. The van der Waals surface area contributed by atoms with Crippen LogP contribution in [-0.4, -0.2) is 14.7 Å². The van der Waals surface area contributed by atoms with Gasteiger partial charge in [0.15, 0.2) is 0 Å². The molecule has 3 aromatic rings. The lowest BCUT2D eigenvalue weighted by Gasteiger charge is -2.28. The van der Waals surface area contributed by atoms with E-state index >= 15 is 0 Å². The van der Waals surface area contributed by atoms with Crippen molar-refractivity contribution in [3.63, 3.8) is 0 Å². The predicted octanol–water partition coefficient (Wildman–Crippen LogP) is 4.60. The van der Waals surface area contributed by atoms with Gasteiger partial charge >= 0.3 is 0 Å². The van der Waals surface area contributed by atoms with E-state index in [1.54, 1.807) is 12.1 Å². The van der Waals surface area contributed by atoms with Gasteiger partial charge < -0.3 is 9.53 Å². The summed E-state index contributed by atoms with van der Waals surface area (Å²) in [5.74, 6) is 0.826. The maximum Gasteiger partial charge on any atom is 0.144 e. The van der Waals surface area contributed by atoms with Crippen molar-refractivity contribution >= 4 is 28.3 Å². The number of allylic oxidation sites excluding steroid dienone is 1. The van der Waals surface area contributed by atoms with E-state index in [1.807, 2.05) is 48.5 Å². The number of para-hydroxylation sites is 1. The normalized spacial score (nSPS) is 15.6. The van der Waals surface area contributed by atoms with Crippen molar-refractivity contribution in [2.45, 2.75) is 25.0 Å². The van der Waals surface area contributed by atoms with Gasteiger partial charge in [-0.05, 0) is 29.2 Å². The van der Waals surface area contributed by atoms with Gasteiger partial charge in [-0.2, -0.15) is 0 Å². The van der Waals surface area contributed by atoms with E-state index in [9.17, 15) is 13.2 Å². The van der Waals surface area contributed by atoms with E-state index in [4.69, 9.17) is 4.74 Å². The molecule has 1 heterocycles. The molecular formula is C25H22O4S. The molecule has 1 atom stereocenters. The number of carbonyl (C=O) groups excluding carboxylic acids is 1. The van der Waals surface area contributed by atoms with Crippen LogP contribution in [-0.2, 0) is 27.7 Å². The van der Waals surface area contributed by atoms with Gasteiger partial charge in [-0.25, -0.2) is 8.42 Å². The summed E-state index contributed by atoms with van der Waals surface area (Å²) >= 11 is 0. The molecule has 1 unspecified atom stereocenters. The summed E-state index contributed by atoms with van der Waals surface area (Å²) in [4.78, 5) is 12.2. The Hall–Kier alpha value is -3.18. The Morgan fingerprint density at radius 1 is 0.867 bits per heavy atom. The first kappa shape index (κ1) is 20.1. The molecule has 4 rings (SSSR count). The molecule has 0 bridgehead atoms. The molecule has 1 aliphatic heterocycles. The Kier molecular flexibility index (Phi) is 5.81. The van der Waals surface area contributed by atoms with Crippen LogP contribution in [0.2, 0.25) is 0 Å². The van der Waals surface area contributed by atoms with Crippen LogP contribution in [0.15, 0.2) is 72.8 Å². The first-order chi connectivity index (χ1) is 14.6. The van der Waals surface area contributed by atoms with Gasteiger partial charge in [-0.3, -0.25) is 0 Å². The third-order valence-electron chi connectivity index (χ3n) is 5.36. The zero-order valence-electron chi connectivity index (χ0n) is 16.6. The molecule has 1 aliphatic rings. The first-order valence-corrected chi connectivity index (χ1v) is 11.2. The number of hydrogen-bond acceptors (Lipinski definition) is 4. The monoisotopic (exact) mass is 418 g/mol. The van der Waals surface area contributed by atoms with Gasteiger partial charge in [-0.1, -0.05) is 73.7 Å². The zero-order valence-corrected chi connectivity index (χ0v) is 17.5. The third kappa shape index (κ3) is 3.94. The highest BCUT2D eigenvalue weighted by atomic mass is 32.2. The number of aryl methyl sites for hydroxylation is 1. The van der Waals surface area contributed by atoms with Crippen molar-refractivity contribution in [3.8, 4) is 5.75 Å². The highest BCUT2D eigenvalue weighted by Crippen LogP contribution is 2.45. The molecular weight excluding hydrogens is 396 g/mol. The quantitative estimate of drug-likeness (QED) is 0.469. The average Bonchev–Trinajstić information content (AvgIpc) is 2.78. The molecule has 5 heteroatoms. The fourth-order valence-electron chi connectivity index (χ4n) is 3.79. The first-order valence-electron chi connectivity index (χ1n) is 9.87. The van der Waals surface area contributed by atoms with Crippen LogP contribution in [0, 0.1) is 0 Å². The summed E-state index contributed by atoms with van der Waals surface area (Å²) in [6.07, 6.45) is 1.90. The van der Waals surface area contributed by atoms with Crippen LogP contribution in [0.25, 0.3) is 11.3 Å². The number of carbonyl (C=O) groups is 1. The minimum atomic E-state index is -2.48. The summed E-state index contributed by atoms with van der Waals surface area (Å²) in [7, 11) is -2.48. The summed E-state index contributed by atoms with van der Waals surface area (Å²) in [6, 6.07) is 23.0. The number of hydrogen-bond donors (Lipinski definition) is 1. The lowest BCUT2D eigenvalue weighted by molar-refractivity contribution is -0.108. The molecule has 0 saturated heterocycles. The number of ether oxygens (including phenoxy) is 1. The highest BCUT2D eigenvalue weighted by Gasteiger charge is 2.31. The van der Waals surface area contributed by atoms with Crippen LogP contribution in [0.5, 0.6) is 5.75 Å². The van der Waals surface area contributed by atoms with E-state index in [0.29, 0.717) is 17.1 Å². The van der Waals surface area contributed by atoms with Crippen LogP contribution in [0.3, 0.4) is 0 Å². The Labute approximate surface area is 177 Å². The third-order valence-corrected chi connectivity index (χ3v) is 5.98. The number of thiol groups is 1. The van der Waals surface area contributed by atoms with E-state index < -0.39 is 16.6 Å². The predicted molar refractivity (Wildman–Crippen MR) is 119 cm³/mol. The van der Waals surface area contributed by atoms with E-state index in [2.05, 4.69) is 19.1 Å². The van der Waals surface area contributed by atoms with Gasteiger partial charge in [0, 0.05) is 16.7 Å². The summed E-state index contributed by atoms with van der Waals surface area (Å²) in [5.41, 5.74) is 5.32. The second-order valence-electron chi connectivity index (χ2n) is 7.23. The van der Waals surface area contributed by atoms with Gasteiger partial charge in [-0.15, -0.1) is 0 Å². The van der Waals surface area contributed by atoms with Crippen molar-refractivity contribution in [3.05, 3.63) is 101 Å². The molecule has 0 fully saturated rings. The molecule has 0 spiro atoms. The molecule has 0 radical (unpaired) electrons. The molecule has 0 amide bonds. The summed E-state index contributed by atoms with van der Waals surface area (Å²) in [6.45, 7) is 2.10. The van der Waals surface area contributed by atoms with Crippen molar-refractivity contribution in [2.75, 3.05) is 0 Å². The summed E-state index contributed by atoms with van der Waals surface area (Å²) in [5, 5.41) is 0. The molecule has 0 saturated carbocycles. The second kappa shape index (κ2) is 8.67. The Balaban J connectivity index is 1.88. The van der Waals surface area contributed by atoms with Gasteiger partial charge in [0.2, 0.25) is 0 Å². The Morgan fingerprint density at radius 2 is 1.50 bits per heavy atom. The molecule has 0 aromatic heterocycles. The van der Waals surface area contributed by atoms with Crippen molar-refractivity contribution in [1.82, 2.24) is 0 Å². The fourth-order valence-corrected chi connectivity index (χ4v) is 4.30. The minimum Gasteiger partial charge on any atom is -0.456 e. The maximum atomic E-state index is 12.2. The standard InChI is InChI=1S/C25H22O4S/c1-2-17-7-11-19(12-8-17)24-22(15-26)21-5-3-4-6-23(21)29-25(24)20-13-9-18(10-14-20)16-30(27)28/h3-15,22,30H,2,16H2,1H3. The minimum absolute atomic E-state index is 0.000646. The van der Waals surface area contributed by atoms with Crippen LogP contribution in [0.1, 0.15) is 40.7 Å². The molecule has 152 valence electrons. The maximum absolute atomic E-state index is 12.2. The Morgan fingerprint density at radius 3 is 2.13 bits per heavy atom. The van der Waals surface area contributed by atoms with E-state index in [0.717, 1.165) is 35.0 Å². The number of fused-ring (bicyclic) bond motifs is 1. The number of rotatable bonds is 6. The second-order valence-corrected chi connectivity index (χ2v) is 8.22. The molecule has 3 aromatic carbocycles. The smallest absolute Gasteiger partial charge is 0.144 e. The zero-order chi connectivity index (χ0) is 21.1. The van der Waals surface area contributed by atoms with E-state index in [1.165, 1.54) is 5.56 Å². The molecule has 4 nitrogen and oxygen atoms in total. The van der Waals surface area contributed by atoms with Crippen LogP contribution < -0.4 is 4.74 Å². The van der Waals surface area contributed by atoms with Crippen LogP contribution >= 0.6 is 0 Å². The highest BCUT2D eigenvalue weighted by molar-refractivity contribution is 7.71. The number of aldehydes is 1. The summed E-state index contributed by atoms with van der Waals surface area (Å²) < 4.78 is 28.4. The lowest BCUT2D eigenvalue weighted by atomic mass is 9.83. The van der Waals surface area contributed by atoms with Crippen LogP contribution in [0.4, 0.5) is 0 Å². The molecule has 0 aliphatic carbocycles. The largest absolute Gasteiger partial charge is 0.456 e. The topological polar surface area (TPSA) is 60.4 Å². The van der Waals surface area contributed by atoms with Gasteiger partial charge in [0.25, 0.3) is 0 Å².